The molecule has 0 N–H and O–H groups in total. The van der Waals surface area contributed by atoms with Crippen molar-refractivity contribution in [2.45, 2.75) is 38.0 Å². The Balaban J connectivity index is 1.85. The van der Waals surface area contributed by atoms with Crippen LogP contribution in [0.3, 0.4) is 0 Å². The minimum absolute atomic E-state index is 0.122. The summed E-state index contributed by atoms with van der Waals surface area (Å²) >= 11 is 3.49. The number of fused-ring (bicyclic) bond motifs is 1. The minimum Gasteiger partial charge on any atom is -0.498 e. The van der Waals surface area contributed by atoms with Crippen LogP contribution in [0.15, 0.2) is 41.6 Å². The fourth-order valence-electron chi connectivity index (χ4n) is 3.72. The summed E-state index contributed by atoms with van der Waals surface area (Å²) in [5.74, 6) is 0.377. The van der Waals surface area contributed by atoms with E-state index in [1.54, 1.807) is 0 Å². The van der Waals surface area contributed by atoms with Gasteiger partial charge in [0.1, 0.15) is 18.8 Å². The lowest BCUT2D eigenvalue weighted by atomic mass is 9.82. The highest BCUT2D eigenvalue weighted by Gasteiger charge is 2.45. The van der Waals surface area contributed by atoms with Crippen LogP contribution >= 0.6 is 15.9 Å². The van der Waals surface area contributed by atoms with Crippen molar-refractivity contribution in [2.75, 3.05) is 13.2 Å². The number of halogens is 1. The second-order valence-corrected chi connectivity index (χ2v) is 7.24. The zero-order valence-corrected chi connectivity index (χ0v) is 14.9. The molecule has 23 heavy (non-hydrogen) atoms. The zero-order valence-electron chi connectivity index (χ0n) is 13.3. The number of rotatable bonds is 4. The monoisotopic (exact) mass is 379 g/mol. The lowest BCUT2D eigenvalue weighted by molar-refractivity contribution is -0.177. The van der Waals surface area contributed by atoms with E-state index in [4.69, 9.17) is 9.47 Å². The molecule has 2 fully saturated rings. The fraction of sp³-hybridized carbons (Fsp3) is 0.500. The van der Waals surface area contributed by atoms with Crippen molar-refractivity contribution in [3.63, 3.8) is 0 Å². The van der Waals surface area contributed by atoms with Crippen LogP contribution in [0, 0.1) is 5.92 Å². The van der Waals surface area contributed by atoms with E-state index in [1.807, 2.05) is 0 Å². The van der Waals surface area contributed by atoms with E-state index in [9.17, 15) is 4.79 Å². The predicted octanol–water partition coefficient (Wildman–Crippen LogP) is 3.68. The molecule has 5 heteroatoms. The van der Waals surface area contributed by atoms with Gasteiger partial charge in [-0.15, -0.1) is 0 Å². The van der Waals surface area contributed by atoms with Gasteiger partial charge >= 0.3 is 5.97 Å². The van der Waals surface area contributed by atoms with Gasteiger partial charge in [-0.2, -0.15) is 0 Å². The summed E-state index contributed by atoms with van der Waals surface area (Å²) in [6.45, 7) is 6.87. The Labute approximate surface area is 145 Å². The van der Waals surface area contributed by atoms with Gasteiger partial charge in [0.2, 0.25) is 0 Å². The molecule has 1 aromatic rings. The molecule has 124 valence electrons. The number of nitrogens with zero attached hydrogens (tertiary/aromatic N) is 1. The number of benzene rings is 1. The van der Waals surface area contributed by atoms with Crippen molar-refractivity contribution in [1.29, 1.82) is 0 Å². The second-order valence-electron chi connectivity index (χ2n) is 6.32. The third-order valence-electron chi connectivity index (χ3n) is 4.77. The summed E-state index contributed by atoms with van der Waals surface area (Å²) < 4.78 is 11.8. The number of cyclic esters (lactones) is 1. The first-order chi connectivity index (χ1) is 11.1. The third-order valence-corrected chi connectivity index (χ3v) is 5.30. The van der Waals surface area contributed by atoms with Crippen molar-refractivity contribution >= 4 is 21.9 Å². The molecular weight excluding hydrogens is 358 g/mol. The Morgan fingerprint density at radius 3 is 2.83 bits per heavy atom. The minimum atomic E-state index is -0.236. The molecule has 0 unspecified atom stereocenters. The van der Waals surface area contributed by atoms with Gasteiger partial charge < -0.3 is 9.47 Å². The highest BCUT2D eigenvalue weighted by molar-refractivity contribution is 9.10. The van der Waals surface area contributed by atoms with Gasteiger partial charge in [-0.05, 0) is 36.5 Å². The first-order valence-corrected chi connectivity index (χ1v) is 8.83. The van der Waals surface area contributed by atoms with Gasteiger partial charge in [-0.3, -0.25) is 9.69 Å². The Morgan fingerprint density at radius 1 is 1.39 bits per heavy atom. The van der Waals surface area contributed by atoms with Crippen LogP contribution in [0.4, 0.5) is 0 Å². The van der Waals surface area contributed by atoms with Gasteiger partial charge in [0, 0.05) is 17.1 Å². The van der Waals surface area contributed by atoms with Crippen LogP contribution in [-0.4, -0.2) is 36.2 Å². The quantitative estimate of drug-likeness (QED) is 0.590. The van der Waals surface area contributed by atoms with Gasteiger partial charge in [-0.1, -0.05) is 41.6 Å². The van der Waals surface area contributed by atoms with E-state index >= 15 is 0 Å². The summed E-state index contributed by atoms with van der Waals surface area (Å²) in [5.41, 5.74) is 1.25. The average Bonchev–Trinajstić information content (AvgIpc) is 2.54. The fourth-order valence-corrected chi connectivity index (χ4v) is 3.98. The number of hydrogen-bond donors (Lipinski definition) is 0. The molecule has 3 rings (SSSR count). The summed E-state index contributed by atoms with van der Waals surface area (Å²) in [4.78, 5) is 14.7. The molecule has 4 nitrogen and oxygen atoms in total. The van der Waals surface area contributed by atoms with Gasteiger partial charge in [0.15, 0.2) is 0 Å². The summed E-state index contributed by atoms with van der Waals surface area (Å²) in [7, 11) is 0. The molecule has 0 aliphatic carbocycles. The van der Waals surface area contributed by atoms with E-state index < -0.39 is 0 Å². The lowest BCUT2D eigenvalue weighted by Crippen LogP contribution is -2.58. The maximum atomic E-state index is 12.4. The van der Waals surface area contributed by atoms with Crippen molar-refractivity contribution in [3.05, 3.63) is 47.1 Å². The predicted molar refractivity (Wildman–Crippen MR) is 91.8 cm³/mol. The topological polar surface area (TPSA) is 38.8 Å². The standard InChI is InChI=1S/C18H22BrNO3/c1-3-22-11-15-10-20-16(18(21)23-15)9-4-12(2)17(20)13-5-7-14(19)8-6-13/h3,5-8,12,15-17H,1,4,9-11H2,2H3/t12-,15+,16+,17-/m1/s1. The second kappa shape index (κ2) is 7.05. The molecule has 0 radical (unpaired) electrons. The number of hydrogen-bond acceptors (Lipinski definition) is 4. The van der Waals surface area contributed by atoms with Gasteiger partial charge in [-0.25, -0.2) is 0 Å². The Kier molecular flexibility index (Phi) is 5.07. The zero-order chi connectivity index (χ0) is 16.4. The van der Waals surface area contributed by atoms with Gasteiger partial charge in [0.05, 0.1) is 6.26 Å². The van der Waals surface area contributed by atoms with E-state index in [0.717, 1.165) is 17.3 Å². The first kappa shape index (κ1) is 16.5. The first-order valence-electron chi connectivity index (χ1n) is 8.04. The van der Waals surface area contributed by atoms with E-state index in [-0.39, 0.29) is 24.2 Å². The van der Waals surface area contributed by atoms with E-state index in [1.165, 1.54) is 11.8 Å². The number of esters is 1. The van der Waals surface area contributed by atoms with Crippen molar-refractivity contribution < 1.29 is 14.3 Å². The molecular formula is C18H22BrNO3. The summed E-state index contributed by atoms with van der Waals surface area (Å²) in [5, 5.41) is 0. The van der Waals surface area contributed by atoms with Crippen molar-refractivity contribution in [2.24, 2.45) is 5.92 Å². The van der Waals surface area contributed by atoms with Crippen LogP contribution < -0.4 is 0 Å². The number of morpholine rings is 1. The Hall–Kier alpha value is -1.33. The Bertz CT molecular complexity index is 574. The van der Waals surface area contributed by atoms with Crippen LogP contribution in [0.2, 0.25) is 0 Å². The number of carbonyl (C=O) groups excluding carboxylic acids is 1. The molecule has 2 saturated heterocycles. The normalized spacial score (nSPS) is 31.1. The van der Waals surface area contributed by atoms with E-state index in [0.29, 0.717) is 19.1 Å². The molecule has 4 atom stereocenters. The largest absolute Gasteiger partial charge is 0.498 e. The third kappa shape index (κ3) is 3.45. The summed E-state index contributed by atoms with van der Waals surface area (Å²) in [6.07, 6.45) is 3.05. The van der Waals surface area contributed by atoms with Crippen LogP contribution in [-0.2, 0) is 14.3 Å². The maximum absolute atomic E-state index is 12.4. The van der Waals surface area contributed by atoms with Crippen LogP contribution in [0.1, 0.15) is 31.4 Å². The molecule has 0 aromatic heterocycles. The molecule has 2 aliphatic heterocycles. The number of piperidine rings is 1. The van der Waals surface area contributed by atoms with Gasteiger partial charge in [0.25, 0.3) is 0 Å². The highest BCUT2D eigenvalue weighted by Crippen LogP contribution is 2.41. The average molecular weight is 380 g/mol. The van der Waals surface area contributed by atoms with Crippen molar-refractivity contribution in [3.8, 4) is 0 Å². The number of ether oxygens (including phenoxy) is 2. The molecule has 2 aliphatic rings. The van der Waals surface area contributed by atoms with Crippen molar-refractivity contribution in [1.82, 2.24) is 4.90 Å². The molecule has 0 spiro atoms. The van der Waals surface area contributed by atoms with Crippen LogP contribution in [0.25, 0.3) is 0 Å². The molecule has 1 aromatic carbocycles. The summed E-state index contributed by atoms with van der Waals surface area (Å²) in [6, 6.07) is 8.50. The Morgan fingerprint density at radius 2 is 2.13 bits per heavy atom. The molecule has 0 amide bonds. The smallest absolute Gasteiger partial charge is 0.323 e. The molecule has 0 bridgehead atoms. The SMILES string of the molecule is C=COC[C@@H]1CN2[C@@H](CC[C@@H](C)[C@@H]2c2ccc(Br)cc2)C(=O)O1. The van der Waals surface area contributed by atoms with E-state index in [2.05, 4.69) is 58.6 Å². The number of carbonyl (C=O) groups is 1. The highest BCUT2D eigenvalue weighted by atomic mass is 79.9. The maximum Gasteiger partial charge on any atom is 0.323 e. The molecule has 0 saturated carbocycles. The lowest BCUT2D eigenvalue weighted by Gasteiger charge is -2.48. The van der Waals surface area contributed by atoms with Crippen LogP contribution in [0.5, 0.6) is 0 Å². The molecule has 2 heterocycles.